The standard InChI is InChI=1S/C19H41N3/c1-6-9-14-21(15-10-7-2)19(20)22(16-11-8-3)17-12-13-18(4)5/h18,20H,6-17H2,1-5H3. The highest BCUT2D eigenvalue weighted by molar-refractivity contribution is 5.76. The molecule has 0 unspecified atom stereocenters. The van der Waals surface area contributed by atoms with Gasteiger partial charge in [0.1, 0.15) is 0 Å². The average molecular weight is 312 g/mol. The largest absolute Gasteiger partial charge is 0.343 e. The van der Waals surface area contributed by atoms with Crippen LogP contribution < -0.4 is 0 Å². The molecule has 0 radical (unpaired) electrons. The molecule has 0 amide bonds. The SMILES string of the molecule is CCCCN(CCCC)C(=N)N(CCCC)CCCC(C)C. The first-order chi connectivity index (χ1) is 10.6. The lowest BCUT2D eigenvalue weighted by molar-refractivity contribution is 0.294. The highest BCUT2D eigenvalue weighted by Crippen LogP contribution is 2.09. The zero-order valence-electron chi connectivity index (χ0n) is 16.0. The summed E-state index contributed by atoms with van der Waals surface area (Å²) in [6, 6.07) is 0. The van der Waals surface area contributed by atoms with Crippen LogP contribution in [-0.4, -0.2) is 41.9 Å². The van der Waals surface area contributed by atoms with Crippen LogP contribution in [0, 0.1) is 11.3 Å². The predicted octanol–water partition coefficient (Wildman–Crippen LogP) is 5.36. The molecule has 0 aromatic carbocycles. The number of guanidine groups is 1. The van der Waals surface area contributed by atoms with Gasteiger partial charge in [0, 0.05) is 26.2 Å². The van der Waals surface area contributed by atoms with Crippen LogP contribution in [0.4, 0.5) is 0 Å². The summed E-state index contributed by atoms with van der Waals surface area (Å²) in [6.07, 6.45) is 9.67. The Morgan fingerprint density at radius 3 is 1.41 bits per heavy atom. The molecule has 0 aliphatic carbocycles. The number of hydrogen-bond donors (Lipinski definition) is 1. The predicted molar refractivity (Wildman–Crippen MR) is 99.7 cm³/mol. The highest BCUT2D eigenvalue weighted by atomic mass is 15.4. The van der Waals surface area contributed by atoms with Crippen molar-refractivity contribution in [3.8, 4) is 0 Å². The minimum Gasteiger partial charge on any atom is -0.343 e. The molecule has 0 spiro atoms. The van der Waals surface area contributed by atoms with Gasteiger partial charge in [0.2, 0.25) is 0 Å². The van der Waals surface area contributed by atoms with Crippen molar-refractivity contribution in [1.29, 1.82) is 5.41 Å². The molecule has 22 heavy (non-hydrogen) atoms. The summed E-state index contributed by atoms with van der Waals surface area (Å²) in [4.78, 5) is 4.65. The van der Waals surface area contributed by atoms with E-state index in [1.165, 1.54) is 51.4 Å². The molecule has 0 fully saturated rings. The molecule has 0 saturated heterocycles. The van der Waals surface area contributed by atoms with Crippen molar-refractivity contribution in [2.75, 3.05) is 26.2 Å². The molecule has 0 atom stereocenters. The third-order valence-electron chi connectivity index (χ3n) is 4.15. The van der Waals surface area contributed by atoms with Crippen molar-refractivity contribution in [2.24, 2.45) is 5.92 Å². The first-order valence-electron chi connectivity index (χ1n) is 9.65. The van der Waals surface area contributed by atoms with Crippen molar-refractivity contribution >= 4 is 5.96 Å². The van der Waals surface area contributed by atoms with Gasteiger partial charge in [-0.15, -0.1) is 0 Å². The Hall–Kier alpha value is -0.730. The molecule has 132 valence electrons. The van der Waals surface area contributed by atoms with Crippen LogP contribution in [0.15, 0.2) is 0 Å². The van der Waals surface area contributed by atoms with Crippen molar-refractivity contribution in [3.05, 3.63) is 0 Å². The molecular weight excluding hydrogens is 270 g/mol. The van der Waals surface area contributed by atoms with E-state index in [1.54, 1.807) is 0 Å². The van der Waals surface area contributed by atoms with Crippen LogP contribution in [0.2, 0.25) is 0 Å². The Morgan fingerprint density at radius 2 is 1.09 bits per heavy atom. The second-order valence-corrected chi connectivity index (χ2v) is 6.89. The summed E-state index contributed by atoms with van der Waals surface area (Å²) < 4.78 is 0. The Labute approximate surface area is 140 Å². The lowest BCUT2D eigenvalue weighted by Crippen LogP contribution is -2.45. The molecule has 3 nitrogen and oxygen atoms in total. The van der Waals surface area contributed by atoms with Gasteiger partial charge < -0.3 is 9.80 Å². The van der Waals surface area contributed by atoms with Gasteiger partial charge in [-0.05, 0) is 38.0 Å². The summed E-state index contributed by atoms with van der Waals surface area (Å²) in [5, 5.41) is 8.68. The molecule has 0 bridgehead atoms. The molecule has 0 aromatic rings. The third kappa shape index (κ3) is 10.1. The number of nitrogens with zero attached hydrogens (tertiary/aromatic N) is 2. The second kappa shape index (κ2) is 13.9. The summed E-state index contributed by atoms with van der Waals surface area (Å²) in [7, 11) is 0. The van der Waals surface area contributed by atoms with E-state index in [-0.39, 0.29) is 0 Å². The van der Waals surface area contributed by atoms with E-state index in [2.05, 4.69) is 44.4 Å². The van der Waals surface area contributed by atoms with E-state index in [9.17, 15) is 0 Å². The van der Waals surface area contributed by atoms with Crippen LogP contribution >= 0.6 is 0 Å². The Kier molecular flexibility index (Phi) is 13.4. The first kappa shape index (κ1) is 21.3. The summed E-state index contributed by atoms with van der Waals surface area (Å²) in [5.74, 6) is 1.54. The molecule has 1 N–H and O–H groups in total. The van der Waals surface area contributed by atoms with Gasteiger partial charge in [-0.3, -0.25) is 5.41 Å². The Morgan fingerprint density at radius 1 is 0.727 bits per heavy atom. The van der Waals surface area contributed by atoms with Gasteiger partial charge in [-0.2, -0.15) is 0 Å². The number of unbranched alkanes of at least 4 members (excludes halogenated alkanes) is 3. The fourth-order valence-electron chi connectivity index (χ4n) is 2.58. The maximum Gasteiger partial charge on any atom is 0.193 e. The molecule has 3 heteroatoms. The third-order valence-corrected chi connectivity index (χ3v) is 4.15. The van der Waals surface area contributed by atoms with Gasteiger partial charge >= 0.3 is 0 Å². The van der Waals surface area contributed by atoms with E-state index in [4.69, 9.17) is 5.41 Å². The van der Waals surface area contributed by atoms with Crippen molar-refractivity contribution in [1.82, 2.24) is 9.80 Å². The maximum atomic E-state index is 8.68. The van der Waals surface area contributed by atoms with Crippen LogP contribution in [0.3, 0.4) is 0 Å². The normalized spacial score (nSPS) is 11.0. The van der Waals surface area contributed by atoms with E-state index >= 15 is 0 Å². The van der Waals surface area contributed by atoms with Gasteiger partial charge in [0.05, 0.1) is 0 Å². The quantitative estimate of drug-likeness (QED) is 0.366. The van der Waals surface area contributed by atoms with Crippen LogP contribution in [-0.2, 0) is 0 Å². The number of rotatable bonds is 13. The molecule has 0 heterocycles. The van der Waals surface area contributed by atoms with Crippen LogP contribution in [0.25, 0.3) is 0 Å². The smallest absolute Gasteiger partial charge is 0.193 e. The van der Waals surface area contributed by atoms with Gasteiger partial charge in [0.25, 0.3) is 0 Å². The average Bonchev–Trinajstić information content (AvgIpc) is 2.50. The van der Waals surface area contributed by atoms with Gasteiger partial charge in [-0.25, -0.2) is 0 Å². The first-order valence-corrected chi connectivity index (χ1v) is 9.65. The fraction of sp³-hybridized carbons (Fsp3) is 0.947. The van der Waals surface area contributed by atoms with E-state index in [1.807, 2.05) is 0 Å². The Bertz CT molecular complexity index is 255. The zero-order chi connectivity index (χ0) is 16.8. The van der Waals surface area contributed by atoms with Crippen LogP contribution in [0.5, 0.6) is 0 Å². The zero-order valence-corrected chi connectivity index (χ0v) is 16.0. The minimum atomic E-state index is 0.762. The highest BCUT2D eigenvalue weighted by Gasteiger charge is 2.16. The molecule has 0 rings (SSSR count). The minimum absolute atomic E-state index is 0.762. The lowest BCUT2D eigenvalue weighted by atomic mass is 10.1. The summed E-state index contributed by atoms with van der Waals surface area (Å²) in [6.45, 7) is 15.5. The molecule has 0 saturated carbocycles. The number of hydrogen-bond acceptors (Lipinski definition) is 1. The van der Waals surface area contributed by atoms with Crippen molar-refractivity contribution in [2.45, 2.75) is 86.0 Å². The van der Waals surface area contributed by atoms with Crippen molar-refractivity contribution in [3.63, 3.8) is 0 Å². The second-order valence-electron chi connectivity index (χ2n) is 6.89. The molecular formula is C19H41N3. The fourth-order valence-corrected chi connectivity index (χ4v) is 2.58. The lowest BCUT2D eigenvalue weighted by Gasteiger charge is -2.34. The molecule has 0 aliphatic heterocycles. The summed E-state index contributed by atoms with van der Waals surface area (Å²) >= 11 is 0. The van der Waals surface area contributed by atoms with Crippen LogP contribution in [0.1, 0.15) is 86.0 Å². The van der Waals surface area contributed by atoms with E-state index in [0.29, 0.717) is 0 Å². The topological polar surface area (TPSA) is 30.3 Å². The van der Waals surface area contributed by atoms with Gasteiger partial charge in [0.15, 0.2) is 5.96 Å². The molecule has 0 aliphatic rings. The number of nitrogens with one attached hydrogen (secondary N) is 1. The van der Waals surface area contributed by atoms with E-state index in [0.717, 1.165) is 38.1 Å². The monoisotopic (exact) mass is 311 g/mol. The molecule has 0 aromatic heterocycles. The summed E-state index contributed by atoms with van der Waals surface area (Å²) in [5.41, 5.74) is 0. The van der Waals surface area contributed by atoms with E-state index < -0.39 is 0 Å². The van der Waals surface area contributed by atoms with Gasteiger partial charge in [-0.1, -0.05) is 53.9 Å². The maximum absolute atomic E-state index is 8.68. The Balaban J connectivity index is 4.60. The van der Waals surface area contributed by atoms with Crippen molar-refractivity contribution < 1.29 is 0 Å².